The number of aryl methyl sites for hydroxylation is 1. The van der Waals surface area contributed by atoms with Crippen molar-refractivity contribution in [3.63, 3.8) is 0 Å². The average molecular weight is 443 g/mol. The van der Waals surface area contributed by atoms with Crippen LogP contribution >= 0.6 is 11.6 Å². The summed E-state index contributed by atoms with van der Waals surface area (Å²) < 4.78 is 0. The van der Waals surface area contributed by atoms with E-state index in [2.05, 4.69) is 10.6 Å². The molecule has 0 atom stereocenters. The lowest BCUT2D eigenvalue weighted by Crippen LogP contribution is -2.38. The van der Waals surface area contributed by atoms with Crippen LogP contribution in [0.2, 0.25) is 5.02 Å². The number of benzene rings is 2. The Morgan fingerprint density at radius 3 is 2.42 bits per heavy atom. The summed E-state index contributed by atoms with van der Waals surface area (Å²) >= 11 is 6.10. The van der Waals surface area contributed by atoms with E-state index in [9.17, 15) is 14.4 Å². The number of nitrogens with one attached hydrogen (secondary N) is 2. The van der Waals surface area contributed by atoms with Crippen LogP contribution in [-0.2, 0) is 9.59 Å². The summed E-state index contributed by atoms with van der Waals surface area (Å²) in [5.74, 6) is -0.648. The second-order valence-electron chi connectivity index (χ2n) is 7.71. The molecular formula is C23H27ClN4O3. The van der Waals surface area contributed by atoms with Crippen LogP contribution in [-0.4, -0.2) is 60.7 Å². The monoisotopic (exact) mass is 442 g/mol. The lowest BCUT2D eigenvalue weighted by Gasteiger charge is -2.20. The highest BCUT2D eigenvalue weighted by Gasteiger charge is 2.23. The molecule has 164 valence electrons. The van der Waals surface area contributed by atoms with Crippen LogP contribution in [0.3, 0.4) is 0 Å². The first-order valence-corrected chi connectivity index (χ1v) is 10.6. The molecule has 1 heterocycles. The SMILES string of the molecule is Cc1ccc(NC(=O)CN(C)C(=O)CNc2ccc(Cl)cc2C(=O)N2CCCC2)cc1. The molecule has 1 aliphatic heterocycles. The van der Waals surface area contributed by atoms with Gasteiger partial charge in [0.15, 0.2) is 0 Å². The highest BCUT2D eigenvalue weighted by atomic mass is 35.5. The van der Waals surface area contributed by atoms with Crippen LogP contribution in [0, 0.1) is 6.92 Å². The number of amides is 3. The van der Waals surface area contributed by atoms with Gasteiger partial charge in [-0.25, -0.2) is 0 Å². The van der Waals surface area contributed by atoms with Gasteiger partial charge in [0.2, 0.25) is 11.8 Å². The highest BCUT2D eigenvalue weighted by molar-refractivity contribution is 6.31. The van der Waals surface area contributed by atoms with E-state index < -0.39 is 0 Å². The van der Waals surface area contributed by atoms with Crippen LogP contribution < -0.4 is 10.6 Å². The van der Waals surface area contributed by atoms with Crippen LogP contribution in [0.1, 0.15) is 28.8 Å². The zero-order valence-corrected chi connectivity index (χ0v) is 18.5. The largest absolute Gasteiger partial charge is 0.376 e. The Labute approximate surface area is 187 Å². The van der Waals surface area contributed by atoms with Crippen molar-refractivity contribution in [3.05, 3.63) is 58.6 Å². The van der Waals surface area contributed by atoms with E-state index in [4.69, 9.17) is 11.6 Å². The van der Waals surface area contributed by atoms with Crippen molar-refractivity contribution in [2.24, 2.45) is 0 Å². The van der Waals surface area contributed by atoms with E-state index >= 15 is 0 Å². The Morgan fingerprint density at radius 1 is 1.06 bits per heavy atom. The first kappa shape index (κ1) is 22.6. The summed E-state index contributed by atoms with van der Waals surface area (Å²) in [6, 6.07) is 12.4. The molecule has 0 spiro atoms. The third-order valence-electron chi connectivity index (χ3n) is 5.18. The van der Waals surface area contributed by atoms with Crippen molar-refractivity contribution in [2.75, 3.05) is 43.9 Å². The Balaban J connectivity index is 1.56. The molecular weight excluding hydrogens is 416 g/mol. The Kier molecular flexibility index (Phi) is 7.52. The van der Waals surface area contributed by atoms with E-state index in [1.165, 1.54) is 4.90 Å². The molecule has 7 nitrogen and oxygen atoms in total. The van der Waals surface area contributed by atoms with Gasteiger partial charge in [-0.2, -0.15) is 0 Å². The van der Waals surface area contributed by atoms with E-state index in [-0.39, 0.29) is 30.8 Å². The quantitative estimate of drug-likeness (QED) is 0.688. The maximum atomic E-state index is 12.8. The minimum Gasteiger partial charge on any atom is -0.376 e. The minimum absolute atomic E-state index is 0.0454. The number of rotatable bonds is 7. The minimum atomic E-state index is -0.281. The van der Waals surface area contributed by atoms with E-state index in [0.29, 0.717) is 22.0 Å². The number of nitrogens with zero attached hydrogens (tertiary/aromatic N) is 2. The summed E-state index contributed by atoms with van der Waals surface area (Å²) in [5.41, 5.74) is 2.77. The molecule has 2 aromatic rings. The Bertz CT molecular complexity index is 956. The highest BCUT2D eigenvalue weighted by Crippen LogP contribution is 2.24. The molecule has 31 heavy (non-hydrogen) atoms. The van der Waals surface area contributed by atoms with Gasteiger partial charge in [-0.3, -0.25) is 14.4 Å². The normalized spacial score (nSPS) is 13.1. The van der Waals surface area contributed by atoms with Gasteiger partial charge in [-0.05, 0) is 50.1 Å². The van der Waals surface area contributed by atoms with Gasteiger partial charge in [-0.1, -0.05) is 29.3 Å². The van der Waals surface area contributed by atoms with Gasteiger partial charge in [-0.15, -0.1) is 0 Å². The van der Waals surface area contributed by atoms with Crippen molar-refractivity contribution in [1.29, 1.82) is 0 Å². The van der Waals surface area contributed by atoms with Crippen LogP contribution in [0.25, 0.3) is 0 Å². The first-order valence-electron chi connectivity index (χ1n) is 10.3. The molecule has 1 saturated heterocycles. The van der Waals surface area contributed by atoms with Gasteiger partial charge in [0.25, 0.3) is 5.91 Å². The molecule has 2 N–H and O–H groups in total. The number of halogens is 1. The van der Waals surface area contributed by atoms with Crippen LogP contribution in [0.15, 0.2) is 42.5 Å². The van der Waals surface area contributed by atoms with Gasteiger partial charge in [0.05, 0.1) is 18.7 Å². The number of carbonyl (C=O) groups is 3. The number of carbonyl (C=O) groups excluding carboxylic acids is 3. The molecule has 3 rings (SSSR count). The smallest absolute Gasteiger partial charge is 0.256 e. The molecule has 0 bridgehead atoms. The van der Waals surface area contributed by atoms with E-state index in [1.54, 1.807) is 30.1 Å². The Hall–Kier alpha value is -3.06. The number of likely N-dealkylation sites (N-methyl/N-ethyl adjacent to an activating group) is 1. The number of anilines is 2. The topological polar surface area (TPSA) is 81.8 Å². The van der Waals surface area contributed by atoms with Crippen LogP contribution in [0.4, 0.5) is 11.4 Å². The summed E-state index contributed by atoms with van der Waals surface area (Å²) in [6.07, 6.45) is 1.98. The molecule has 8 heteroatoms. The molecule has 0 aliphatic carbocycles. The fourth-order valence-corrected chi connectivity index (χ4v) is 3.56. The fraction of sp³-hybridized carbons (Fsp3) is 0.348. The van der Waals surface area contributed by atoms with Crippen molar-refractivity contribution in [2.45, 2.75) is 19.8 Å². The zero-order chi connectivity index (χ0) is 22.4. The third-order valence-corrected chi connectivity index (χ3v) is 5.41. The predicted octanol–water partition coefficient (Wildman–Crippen LogP) is 3.39. The molecule has 1 aliphatic rings. The zero-order valence-electron chi connectivity index (χ0n) is 17.8. The van der Waals surface area contributed by atoms with Gasteiger partial charge in [0, 0.05) is 36.5 Å². The molecule has 0 radical (unpaired) electrons. The predicted molar refractivity (Wildman–Crippen MR) is 123 cm³/mol. The number of likely N-dealkylation sites (tertiary alicyclic amines) is 1. The second kappa shape index (κ2) is 10.3. The lowest BCUT2D eigenvalue weighted by atomic mass is 10.1. The van der Waals surface area contributed by atoms with Gasteiger partial charge >= 0.3 is 0 Å². The standard InChI is InChI=1S/C23H27ClN4O3/c1-16-5-8-18(9-6-16)26-21(29)15-27(2)22(30)14-25-20-10-7-17(24)13-19(20)23(31)28-11-3-4-12-28/h5-10,13,25H,3-4,11-12,14-15H2,1-2H3,(H,26,29). The summed E-state index contributed by atoms with van der Waals surface area (Å²) in [5, 5.41) is 6.26. The maximum absolute atomic E-state index is 12.8. The average Bonchev–Trinajstić information content (AvgIpc) is 3.28. The fourth-order valence-electron chi connectivity index (χ4n) is 3.38. The molecule has 1 fully saturated rings. The number of hydrogen-bond acceptors (Lipinski definition) is 4. The molecule has 0 unspecified atom stereocenters. The molecule has 0 saturated carbocycles. The molecule has 3 amide bonds. The van der Waals surface area contributed by atoms with Gasteiger partial charge < -0.3 is 20.4 Å². The Morgan fingerprint density at radius 2 is 1.74 bits per heavy atom. The van der Waals surface area contributed by atoms with Crippen LogP contribution in [0.5, 0.6) is 0 Å². The molecule has 0 aromatic heterocycles. The second-order valence-corrected chi connectivity index (χ2v) is 8.14. The summed E-state index contributed by atoms with van der Waals surface area (Å²) in [4.78, 5) is 40.7. The van der Waals surface area contributed by atoms with Gasteiger partial charge in [0.1, 0.15) is 0 Å². The lowest BCUT2D eigenvalue weighted by molar-refractivity contribution is -0.131. The van der Waals surface area contributed by atoms with Crippen molar-refractivity contribution in [3.8, 4) is 0 Å². The number of hydrogen-bond donors (Lipinski definition) is 2. The van der Waals surface area contributed by atoms with E-state index in [0.717, 1.165) is 31.5 Å². The van der Waals surface area contributed by atoms with Crippen molar-refractivity contribution in [1.82, 2.24) is 9.80 Å². The van der Waals surface area contributed by atoms with Crippen molar-refractivity contribution >= 4 is 40.7 Å². The maximum Gasteiger partial charge on any atom is 0.256 e. The summed E-state index contributed by atoms with van der Waals surface area (Å²) in [6.45, 7) is 3.30. The van der Waals surface area contributed by atoms with E-state index in [1.807, 2.05) is 31.2 Å². The molecule has 2 aromatic carbocycles. The first-order chi connectivity index (χ1) is 14.8. The summed E-state index contributed by atoms with van der Waals surface area (Å²) in [7, 11) is 1.57. The van der Waals surface area contributed by atoms with Crippen molar-refractivity contribution < 1.29 is 14.4 Å². The third kappa shape index (κ3) is 6.21.